The van der Waals surface area contributed by atoms with Crippen LogP contribution in [0.15, 0.2) is 24.3 Å². The van der Waals surface area contributed by atoms with Crippen molar-refractivity contribution in [1.29, 1.82) is 0 Å². The van der Waals surface area contributed by atoms with Crippen molar-refractivity contribution in [2.75, 3.05) is 32.5 Å². The third-order valence-electron chi connectivity index (χ3n) is 2.88. The lowest BCUT2D eigenvalue weighted by Crippen LogP contribution is -2.25. The molecule has 0 heterocycles. The Morgan fingerprint density at radius 1 is 1.28 bits per heavy atom. The highest BCUT2D eigenvalue weighted by Gasteiger charge is 2.00. The van der Waals surface area contributed by atoms with Gasteiger partial charge >= 0.3 is 0 Å². The monoisotopic (exact) mass is 250 g/mol. The third kappa shape index (κ3) is 6.62. The van der Waals surface area contributed by atoms with Crippen LogP contribution in [0.3, 0.4) is 0 Å². The summed E-state index contributed by atoms with van der Waals surface area (Å²) in [6.07, 6.45) is 2.56. The van der Waals surface area contributed by atoms with Crippen molar-refractivity contribution < 1.29 is 4.74 Å². The predicted molar refractivity (Wildman–Crippen MR) is 77.8 cm³/mol. The van der Waals surface area contributed by atoms with Gasteiger partial charge in [-0.25, -0.2) is 0 Å². The average molecular weight is 250 g/mol. The lowest BCUT2D eigenvalue weighted by atomic mass is 10.1. The second kappa shape index (κ2) is 8.11. The molecule has 0 aromatic heterocycles. The van der Waals surface area contributed by atoms with Gasteiger partial charge in [-0.05, 0) is 58.0 Å². The molecule has 1 rings (SSSR count). The summed E-state index contributed by atoms with van der Waals surface area (Å²) in [7, 11) is 2.14. The van der Waals surface area contributed by atoms with Crippen LogP contribution in [0.1, 0.15) is 25.8 Å². The van der Waals surface area contributed by atoms with E-state index in [9.17, 15) is 0 Å². The quantitative estimate of drug-likeness (QED) is 0.721. The van der Waals surface area contributed by atoms with Gasteiger partial charge in [0.05, 0.1) is 12.7 Å². The normalized spacial score (nSPS) is 11.4. The zero-order valence-electron chi connectivity index (χ0n) is 11.9. The predicted octanol–water partition coefficient (Wildman–Crippen LogP) is 2.56. The minimum Gasteiger partial charge on any atom is -0.399 e. The molecule has 102 valence electrons. The molecule has 0 spiro atoms. The van der Waals surface area contributed by atoms with Crippen molar-refractivity contribution in [1.82, 2.24) is 4.90 Å². The van der Waals surface area contributed by atoms with Gasteiger partial charge in [-0.2, -0.15) is 0 Å². The van der Waals surface area contributed by atoms with Crippen LogP contribution in [-0.2, 0) is 11.2 Å². The third-order valence-corrected chi connectivity index (χ3v) is 2.88. The molecule has 0 unspecified atom stereocenters. The fourth-order valence-corrected chi connectivity index (χ4v) is 1.86. The Morgan fingerprint density at radius 2 is 2.06 bits per heavy atom. The highest BCUT2D eigenvalue weighted by atomic mass is 16.5. The Balaban J connectivity index is 2.13. The number of rotatable bonds is 8. The topological polar surface area (TPSA) is 38.5 Å². The molecule has 0 saturated heterocycles. The maximum Gasteiger partial charge on any atom is 0.0596 e. The van der Waals surface area contributed by atoms with E-state index in [1.54, 1.807) is 0 Å². The minimum absolute atomic E-state index is 0.325. The maximum absolute atomic E-state index is 5.76. The van der Waals surface area contributed by atoms with Gasteiger partial charge in [-0.1, -0.05) is 12.1 Å². The number of nitrogens with zero attached hydrogens (tertiary/aromatic N) is 1. The number of hydrogen-bond donors (Lipinski definition) is 1. The first kappa shape index (κ1) is 15.0. The molecule has 0 aliphatic carbocycles. The van der Waals surface area contributed by atoms with Crippen LogP contribution in [0.2, 0.25) is 0 Å². The van der Waals surface area contributed by atoms with Crippen molar-refractivity contribution in [2.45, 2.75) is 32.8 Å². The van der Waals surface area contributed by atoms with E-state index in [4.69, 9.17) is 10.5 Å². The van der Waals surface area contributed by atoms with Gasteiger partial charge in [0.25, 0.3) is 0 Å². The molecule has 2 N–H and O–H groups in total. The van der Waals surface area contributed by atoms with Gasteiger partial charge in [0.1, 0.15) is 0 Å². The van der Waals surface area contributed by atoms with Crippen molar-refractivity contribution in [3.05, 3.63) is 29.8 Å². The van der Waals surface area contributed by atoms with Crippen molar-refractivity contribution in [3.63, 3.8) is 0 Å². The molecule has 3 heteroatoms. The lowest BCUT2D eigenvalue weighted by Gasteiger charge is -2.17. The number of nitrogen functional groups attached to an aromatic ring is 1. The molecule has 0 radical (unpaired) electrons. The Kier molecular flexibility index (Phi) is 6.76. The van der Waals surface area contributed by atoms with Gasteiger partial charge < -0.3 is 15.4 Å². The summed E-state index contributed by atoms with van der Waals surface area (Å²) in [6.45, 7) is 7.04. The number of anilines is 1. The van der Waals surface area contributed by atoms with Crippen LogP contribution in [0.5, 0.6) is 0 Å². The number of ether oxygens (including phenoxy) is 1. The first-order valence-corrected chi connectivity index (χ1v) is 6.72. The first-order valence-electron chi connectivity index (χ1n) is 6.72. The van der Waals surface area contributed by atoms with Crippen LogP contribution in [-0.4, -0.2) is 37.7 Å². The van der Waals surface area contributed by atoms with Gasteiger partial charge in [0.2, 0.25) is 0 Å². The van der Waals surface area contributed by atoms with E-state index in [1.165, 1.54) is 5.56 Å². The summed E-state index contributed by atoms with van der Waals surface area (Å²) < 4.78 is 5.53. The van der Waals surface area contributed by atoms with Gasteiger partial charge in [0.15, 0.2) is 0 Å². The summed E-state index contributed by atoms with van der Waals surface area (Å²) in [5, 5.41) is 0. The van der Waals surface area contributed by atoms with Crippen LogP contribution >= 0.6 is 0 Å². The molecule has 1 aromatic carbocycles. The molecule has 0 bridgehead atoms. The van der Waals surface area contributed by atoms with E-state index in [-0.39, 0.29) is 0 Å². The first-order chi connectivity index (χ1) is 8.58. The second-order valence-corrected chi connectivity index (χ2v) is 5.07. The number of nitrogens with two attached hydrogens (primary N) is 1. The van der Waals surface area contributed by atoms with Crippen LogP contribution in [0.25, 0.3) is 0 Å². The molecule has 0 atom stereocenters. The Hall–Kier alpha value is -1.06. The maximum atomic E-state index is 5.76. The Labute approximate surface area is 111 Å². The zero-order valence-corrected chi connectivity index (χ0v) is 11.9. The summed E-state index contributed by atoms with van der Waals surface area (Å²) in [4.78, 5) is 2.31. The molecule has 0 aliphatic rings. The molecule has 18 heavy (non-hydrogen) atoms. The largest absolute Gasteiger partial charge is 0.399 e. The van der Waals surface area contributed by atoms with E-state index < -0.39 is 0 Å². The molecule has 0 amide bonds. The Morgan fingerprint density at radius 3 is 2.72 bits per heavy atom. The SMILES string of the molecule is CC(C)OCCN(C)CCCc1cccc(N)c1. The highest BCUT2D eigenvalue weighted by molar-refractivity contribution is 5.40. The van der Waals surface area contributed by atoms with E-state index in [2.05, 4.69) is 37.9 Å². The number of hydrogen-bond acceptors (Lipinski definition) is 3. The number of aryl methyl sites for hydroxylation is 1. The van der Waals surface area contributed by atoms with E-state index in [0.717, 1.165) is 38.2 Å². The molecule has 1 aromatic rings. The molecular formula is C15H26N2O. The fraction of sp³-hybridized carbons (Fsp3) is 0.600. The average Bonchev–Trinajstić information content (AvgIpc) is 2.28. The van der Waals surface area contributed by atoms with Gasteiger partial charge in [-0.3, -0.25) is 0 Å². The molecule has 0 aliphatic heterocycles. The Bertz CT molecular complexity index is 339. The van der Waals surface area contributed by atoms with E-state index in [0.29, 0.717) is 6.10 Å². The van der Waals surface area contributed by atoms with Gasteiger partial charge in [0, 0.05) is 12.2 Å². The lowest BCUT2D eigenvalue weighted by molar-refractivity contribution is 0.0637. The van der Waals surface area contributed by atoms with Crippen molar-refractivity contribution >= 4 is 5.69 Å². The minimum atomic E-state index is 0.325. The molecule has 0 saturated carbocycles. The summed E-state index contributed by atoms with van der Waals surface area (Å²) in [6, 6.07) is 8.14. The van der Waals surface area contributed by atoms with Crippen molar-refractivity contribution in [3.8, 4) is 0 Å². The smallest absolute Gasteiger partial charge is 0.0596 e. The summed E-state index contributed by atoms with van der Waals surface area (Å²) in [5.41, 5.74) is 7.93. The summed E-state index contributed by atoms with van der Waals surface area (Å²) in [5.74, 6) is 0. The molecule has 0 fully saturated rings. The highest BCUT2D eigenvalue weighted by Crippen LogP contribution is 2.08. The van der Waals surface area contributed by atoms with Gasteiger partial charge in [-0.15, -0.1) is 0 Å². The van der Waals surface area contributed by atoms with E-state index >= 15 is 0 Å². The van der Waals surface area contributed by atoms with E-state index in [1.807, 2.05) is 12.1 Å². The standard InChI is InChI=1S/C15H26N2O/c1-13(2)18-11-10-17(3)9-5-7-14-6-4-8-15(16)12-14/h4,6,8,12-13H,5,7,9-11,16H2,1-3H3. The zero-order chi connectivity index (χ0) is 13.4. The summed E-state index contributed by atoms with van der Waals surface area (Å²) >= 11 is 0. The molecular weight excluding hydrogens is 224 g/mol. The van der Waals surface area contributed by atoms with Crippen LogP contribution in [0, 0.1) is 0 Å². The van der Waals surface area contributed by atoms with Crippen molar-refractivity contribution in [2.24, 2.45) is 0 Å². The molecule has 3 nitrogen and oxygen atoms in total. The second-order valence-electron chi connectivity index (χ2n) is 5.07. The van der Waals surface area contributed by atoms with Crippen LogP contribution in [0.4, 0.5) is 5.69 Å². The number of likely N-dealkylation sites (N-methyl/N-ethyl adjacent to an activating group) is 1. The van der Waals surface area contributed by atoms with Crippen LogP contribution < -0.4 is 5.73 Å². The number of benzene rings is 1. The fourth-order valence-electron chi connectivity index (χ4n) is 1.86.